The predicted octanol–water partition coefficient (Wildman–Crippen LogP) is 3.68. The van der Waals surface area contributed by atoms with Crippen LogP contribution in [-0.2, 0) is 0 Å². The van der Waals surface area contributed by atoms with E-state index >= 15 is 0 Å². The first-order valence-electron chi connectivity index (χ1n) is 8.82. The van der Waals surface area contributed by atoms with Crippen molar-refractivity contribution in [2.45, 2.75) is 6.92 Å². The fourth-order valence-corrected chi connectivity index (χ4v) is 3.41. The molecule has 0 saturated heterocycles. The number of nitrogens with one attached hydrogen (secondary N) is 2. The summed E-state index contributed by atoms with van der Waals surface area (Å²) >= 11 is 1.40. The van der Waals surface area contributed by atoms with Crippen LogP contribution in [0.15, 0.2) is 59.3 Å². The molecule has 10 heteroatoms. The van der Waals surface area contributed by atoms with Crippen molar-refractivity contribution in [3.8, 4) is 5.69 Å². The van der Waals surface area contributed by atoms with Crippen LogP contribution in [0.4, 0.5) is 15.8 Å². The average molecular weight is 422 g/mol. The van der Waals surface area contributed by atoms with Gasteiger partial charge in [-0.1, -0.05) is 12.1 Å². The van der Waals surface area contributed by atoms with Gasteiger partial charge in [-0.05, 0) is 59.1 Å². The fourth-order valence-electron chi connectivity index (χ4n) is 2.78. The maximum atomic E-state index is 14.3. The van der Waals surface area contributed by atoms with Gasteiger partial charge in [0.1, 0.15) is 5.82 Å². The highest BCUT2D eigenvalue weighted by Gasteiger charge is 2.17. The van der Waals surface area contributed by atoms with E-state index < -0.39 is 11.7 Å². The van der Waals surface area contributed by atoms with Gasteiger partial charge in [0.25, 0.3) is 11.8 Å². The lowest BCUT2D eigenvalue weighted by Crippen LogP contribution is -2.18. The fraction of sp³-hybridized carbons (Fsp3) is 0.0500. The molecule has 2 heterocycles. The van der Waals surface area contributed by atoms with Gasteiger partial charge in [0.05, 0.1) is 28.2 Å². The standard InChI is InChI=1S/C20H15FN6O2S/c1-12-24-25-26-27(12)14-6-7-16(21)18(10-14)23-20(29)15-4-2-3-5-17(15)22-19(28)13-8-9-30-11-13/h2-11H,1H3,(H,22,28)(H,23,29). The topological polar surface area (TPSA) is 102 Å². The number of benzene rings is 2. The molecular formula is C20H15FN6O2S. The third-order valence-corrected chi connectivity index (χ3v) is 4.95. The van der Waals surface area contributed by atoms with Crippen LogP contribution in [0.25, 0.3) is 5.69 Å². The van der Waals surface area contributed by atoms with Gasteiger partial charge in [0.2, 0.25) is 0 Å². The van der Waals surface area contributed by atoms with E-state index in [0.717, 1.165) is 0 Å². The molecule has 0 bridgehead atoms. The van der Waals surface area contributed by atoms with Gasteiger partial charge in [0, 0.05) is 5.38 Å². The largest absolute Gasteiger partial charge is 0.321 e. The molecule has 0 radical (unpaired) electrons. The van der Waals surface area contributed by atoms with Gasteiger partial charge in [-0.15, -0.1) is 5.10 Å². The molecule has 4 rings (SSSR count). The summed E-state index contributed by atoms with van der Waals surface area (Å²) in [6.07, 6.45) is 0. The molecule has 8 nitrogen and oxygen atoms in total. The molecule has 0 saturated carbocycles. The number of hydrogen-bond acceptors (Lipinski definition) is 6. The predicted molar refractivity (Wildman–Crippen MR) is 111 cm³/mol. The minimum atomic E-state index is -0.613. The van der Waals surface area contributed by atoms with E-state index in [1.807, 2.05) is 0 Å². The molecule has 0 aliphatic carbocycles. The van der Waals surface area contributed by atoms with Crippen molar-refractivity contribution >= 4 is 34.5 Å². The second kappa shape index (κ2) is 8.21. The van der Waals surface area contributed by atoms with Crippen molar-refractivity contribution in [1.82, 2.24) is 20.2 Å². The van der Waals surface area contributed by atoms with Crippen molar-refractivity contribution in [3.63, 3.8) is 0 Å². The van der Waals surface area contributed by atoms with E-state index in [0.29, 0.717) is 22.8 Å². The van der Waals surface area contributed by atoms with Crippen LogP contribution in [0, 0.1) is 12.7 Å². The number of halogens is 1. The number of aromatic nitrogens is 4. The molecule has 2 amide bonds. The van der Waals surface area contributed by atoms with Gasteiger partial charge in [0.15, 0.2) is 5.82 Å². The third-order valence-electron chi connectivity index (χ3n) is 4.27. The number of rotatable bonds is 5. The normalized spacial score (nSPS) is 10.6. The van der Waals surface area contributed by atoms with Crippen LogP contribution in [-0.4, -0.2) is 32.0 Å². The molecule has 2 aromatic heterocycles. The summed E-state index contributed by atoms with van der Waals surface area (Å²) in [5.74, 6) is -1.00. The second-order valence-corrected chi connectivity index (χ2v) is 7.05. The molecule has 0 atom stereocenters. The molecule has 4 aromatic rings. The lowest BCUT2D eigenvalue weighted by Gasteiger charge is -2.12. The van der Waals surface area contributed by atoms with Crippen LogP contribution in [0.5, 0.6) is 0 Å². The summed E-state index contributed by atoms with van der Waals surface area (Å²) < 4.78 is 15.8. The first-order chi connectivity index (χ1) is 14.5. The molecule has 150 valence electrons. The molecule has 0 aliphatic heterocycles. The van der Waals surface area contributed by atoms with E-state index in [-0.39, 0.29) is 17.2 Å². The number of tetrazole rings is 1. The van der Waals surface area contributed by atoms with Crippen LogP contribution in [0.3, 0.4) is 0 Å². The molecule has 2 N–H and O–H groups in total. The highest BCUT2D eigenvalue weighted by molar-refractivity contribution is 7.08. The number of anilines is 2. The molecule has 0 fully saturated rings. The quantitative estimate of drug-likeness (QED) is 0.511. The van der Waals surface area contributed by atoms with Crippen molar-refractivity contribution in [2.24, 2.45) is 0 Å². The van der Waals surface area contributed by atoms with Crippen LogP contribution in [0.1, 0.15) is 26.5 Å². The summed E-state index contributed by atoms with van der Waals surface area (Å²) in [7, 11) is 0. The average Bonchev–Trinajstić information content (AvgIpc) is 3.42. The number of hydrogen-bond donors (Lipinski definition) is 2. The number of nitrogens with zero attached hydrogens (tertiary/aromatic N) is 4. The van der Waals surface area contributed by atoms with E-state index in [1.54, 1.807) is 48.0 Å². The van der Waals surface area contributed by atoms with Gasteiger partial charge < -0.3 is 10.6 Å². The third kappa shape index (κ3) is 3.94. The van der Waals surface area contributed by atoms with Gasteiger partial charge in [-0.2, -0.15) is 16.0 Å². The molecular weight excluding hydrogens is 407 g/mol. The Labute approximate surface area is 174 Å². The van der Waals surface area contributed by atoms with Crippen molar-refractivity contribution in [2.75, 3.05) is 10.6 Å². The molecule has 0 unspecified atom stereocenters. The van der Waals surface area contributed by atoms with E-state index in [9.17, 15) is 14.0 Å². The van der Waals surface area contributed by atoms with Crippen molar-refractivity contribution in [3.05, 3.63) is 82.1 Å². The second-order valence-electron chi connectivity index (χ2n) is 6.27. The lowest BCUT2D eigenvalue weighted by atomic mass is 10.1. The highest BCUT2D eigenvalue weighted by atomic mass is 32.1. The SMILES string of the molecule is Cc1nnnn1-c1ccc(F)c(NC(=O)c2ccccc2NC(=O)c2ccsc2)c1. The molecule has 2 aromatic carbocycles. The number of amides is 2. The Balaban J connectivity index is 1.59. The van der Waals surface area contributed by atoms with Gasteiger partial charge >= 0.3 is 0 Å². The Morgan fingerprint density at radius 2 is 1.83 bits per heavy atom. The van der Waals surface area contributed by atoms with Gasteiger partial charge in [-0.3, -0.25) is 9.59 Å². The lowest BCUT2D eigenvalue weighted by molar-refractivity contribution is 0.102. The van der Waals surface area contributed by atoms with Crippen molar-refractivity contribution < 1.29 is 14.0 Å². The number of carbonyl (C=O) groups is 2. The smallest absolute Gasteiger partial charge is 0.257 e. The maximum absolute atomic E-state index is 14.3. The minimum Gasteiger partial charge on any atom is -0.321 e. The summed E-state index contributed by atoms with van der Waals surface area (Å²) in [6, 6.07) is 12.4. The zero-order valence-electron chi connectivity index (χ0n) is 15.7. The summed E-state index contributed by atoms with van der Waals surface area (Å²) in [5, 5.41) is 20.0. The molecule has 0 spiro atoms. The summed E-state index contributed by atoms with van der Waals surface area (Å²) in [6.45, 7) is 1.70. The zero-order chi connectivity index (χ0) is 21.1. The van der Waals surface area contributed by atoms with E-state index in [4.69, 9.17) is 0 Å². The van der Waals surface area contributed by atoms with Crippen LogP contribution in [0.2, 0.25) is 0 Å². The Morgan fingerprint density at radius 1 is 1.03 bits per heavy atom. The number of thiophene rings is 1. The van der Waals surface area contributed by atoms with E-state index in [2.05, 4.69) is 26.2 Å². The van der Waals surface area contributed by atoms with Crippen LogP contribution < -0.4 is 10.6 Å². The minimum absolute atomic E-state index is 0.0358. The first kappa shape index (κ1) is 19.4. The number of para-hydroxylation sites is 1. The number of aryl methyl sites for hydroxylation is 1. The molecule has 0 aliphatic rings. The Kier molecular flexibility index (Phi) is 5.31. The summed E-state index contributed by atoms with van der Waals surface area (Å²) in [4.78, 5) is 25.2. The van der Waals surface area contributed by atoms with Crippen molar-refractivity contribution in [1.29, 1.82) is 0 Å². The Bertz CT molecular complexity index is 1220. The molecule has 30 heavy (non-hydrogen) atoms. The first-order valence-corrected chi connectivity index (χ1v) is 9.76. The monoisotopic (exact) mass is 422 g/mol. The Morgan fingerprint density at radius 3 is 2.57 bits per heavy atom. The maximum Gasteiger partial charge on any atom is 0.257 e. The Hall–Kier alpha value is -3.92. The highest BCUT2D eigenvalue weighted by Crippen LogP contribution is 2.22. The van der Waals surface area contributed by atoms with Gasteiger partial charge in [-0.25, -0.2) is 4.39 Å². The van der Waals surface area contributed by atoms with E-state index in [1.165, 1.54) is 34.2 Å². The van der Waals surface area contributed by atoms with Crippen LogP contribution >= 0.6 is 11.3 Å². The summed E-state index contributed by atoms with van der Waals surface area (Å²) in [5.41, 5.74) is 1.47. The zero-order valence-corrected chi connectivity index (χ0v) is 16.5. The number of carbonyl (C=O) groups excluding carboxylic acids is 2.